The van der Waals surface area contributed by atoms with Crippen LogP contribution in [-0.4, -0.2) is 31.8 Å². The minimum absolute atomic E-state index is 0.0999. The van der Waals surface area contributed by atoms with E-state index < -0.39 is 0 Å². The number of carbonyl (C=O) groups is 1. The molecule has 1 fully saturated rings. The first-order chi connectivity index (χ1) is 8.34. The van der Waals surface area contributed by atoms with E-state index in [-0.39, 0.29) is 12.1 Å². The number of carbonyl (C=O) groups excluding carboxylic acids is 1. The van der Waals surface area contributed by atoms with Gasteiger partial charge in [-0.25, -0.2) is 4.79 Å². The fourth-order valence-corrected chi connectivity index (χ4v) is 2.54. The third kappa shape index (κ3) is 4.36. The van der Waals surface area contributed by atoms with E-state index in [4.69, 9.17) is 4.74 Å². The topological polar surface area (TPSA) is 50.4 Å². The van der Waals surface area contributed by atoms with Crippen molar-refractivity contribution in [3.05, 3.63) is 22.4 Å². The number of urea groups is 1. The van der Waals surface area contributed by atoms with Crippen LogP contribution in [-0.2, 0) is 11.2 Å². The van der Waals surface area contributed by atoms with E-state index in [0.717, 1.165) is 25.9 Å². The smallest absolute Gasteiger partial charge is 0.314 e. The van der Waals surface area contributed by atoms with E-state index in [1.807, 2.05) is 11.4 Å². The first-order valence-corrected chi connectivity index (χ1v) is 6.88. The van der Waals surface area contributed by atoms with Gasteiger partial charge >= 0.3 is 6.03 Å². The Balaban J connectivity index is 1.54. The summed E-state index contributed by atoms with van der Waals surface area (Å²) in [6, 6.07) is 4.01. The van der Waals surface area contributed by atoms with Crippen molar-refractivity contribution in [1.82, 2.24) is 10.6 Å². The SMILES string of the molecule is O=C(NCCc1cccs1)NC[C@H]1CCCO1. The summed E-state index contributed by atoms with van der Waals surface area (Å²) in [6.45, 7) is 2.12. The third-order valence-electron chi connectivity index (χ3n) is 2.75. The summed E-state index contributed by atoms with van der Waals surface area (Å²) in [6.07, 6.45) is 3.25. The van der Waals surface area contributed by atoms with E-state index in [0.29, 0.717) is 13.1 Å². The predicted octanol–water partition coefficient (Wildman–Crippen LogP) is 1.77. The number of thiophene rings is 1. The Morgan fingerprint density at radius 2 is 2.47 bits per heavy atom. The number of hydrogen-bond donors (Lipinski definition) is 2. The Morgan fingerprint density at radius 3 is 3.18 bits per heavy atom. The molecule has 2 N–H and O–H groups in total. The lowest BCUT2D eigenvalue weighted by Gasteiger charge is -2.11. The van der Waals surface area contributed by atoms with E-state index in [2.05, 4.69) is 16.7 Å². The van der Waals surface area contributed by atoms with E-state index in [1.54, 1.807) is 11.3 Å². The Bertz CT molecular complexity index is 334. The van der Waals surface area contributed by atoms with Gasteiger partial charge in [0.1, 0.15) is 0 Å². The van der Waals surface area contributed by atoms with Gasteiger partial charge in [-0.3, -0.25) is 0 Å². The molecule has 0 aliphatic carbocycles. The van der Waals surface area contributed by atoms with Crippen molar-refractivity contribution in [2.24, 2.45) is 0 Å². The lowest BCUT2D eigenvalue weighted by molar-refractivity contribution is 0.111. The Labute approximate surface area is 105 Å². The maximum Gasteiger partial charge on any atom is 0.314 e. The molecule has 1 aliphatic heterocycles. The molecule has 0 aromatic carbocycles. The summed E-state index contributed by atoms with van der Waals surface area (Å²) in [5.41, 5.74) is 0. The highest BCUT2D eigenvalue weighted by Gasteiger charge is 2.15. The largest absolute Gasteiger partial charge is 0.376 e. The lowest BCUT2D eigenvalue weighted by Crippen LogP contribution is -2.40. The third-order valence-corrected chi connectivity index (χ3v) is 3.69. The van der Waals surface area contributed by atoms with Gasteiger partial charge in [0.05, 0.1) is 6.10 Å². The molecule has 94 valence electrons. The summed E-state index contributed by atoms with van der Waals surface area (Å²) in [5.74, 6) is 0. The average molecular weight is 254 g/mol. The monoisotopic (exact) mass is 254 g/mol. The molecule has 1 saturated heterocycles. The van der Waals surface area contributed by atoms with Crippen LogP contribution in [0, 0.1) is 0 Å². The number of amides is 2. The normalized spacial score (nSPS) is 19.2. The second-order valence-corrected chi connectivity index (χ2v) is 5.13. The van der Waals surface area contributed by atoms with Gasteiger partial charge < -0.3 is 15.4 Å². The molecule has 2 amide bonds. The van der Waals surface area contributed by atoms with Crippen LogP contribution >= 0.6 is 11.3 Å². The molecule has 0 unspecified atom stereocenters. The van der Waals surface area contributed by atoms with Crippen LogP contribution in [0.2, 0.25) is 0 Å². The molecule has 2 heterocycles. The van der Waals surface area contributed by atoms with Crippen LogP contribution in [0.4, 0.5) is 4.79 Å². The molecule has 0 spiro atoms. The zero-order valence-electron chi connectivity index (χ0n) is 9.78. The molecule has 1 aromatic rings. The minimum Gasteiger partial charge on any atom is -0.376 e. The highest BCUT2D eigenvalue weighted by Crippen LogP contribution is 2.10. The van der Waals surface area contributed by atoms with Gasteiger partial charge in [0.15, 0.2) is 0 Å². The molecule has 0 radical (unpaired) electrons. The van der Waals surface area contributed by atoms with Crippen LogP contribution in [0.5, 0.6) is 0 Å². The second kappa shape index (κ2) is 6.61. The fraction of sp³-hybridized carbons (Fsp3) is 0.583. The molecule has 1 aliphatic rings. The van der Waals surface area contributed by atoms with Gasteiger partial charge in [0.25, 0.3) is 0 Å². The molecule has 5 heteroatoms. The molecular formula is C12H18N2O2S. The van der Waals surface area contributed by atoms with Crippen molar-refractivity contribution in [3.63, 3.8) is 0 Å². The molecule has 1 atom stereocenters. The number of hydrogen-bond acceptors (Lipinski definition) is 3. The quantitative estimate of drug-likeness (QED) is 0.841. The summed E-state index contributed by atoms with van der Waals surface area (Å²) in [4.78, 5) is 12.7. The standard InChI is InChI=1S/C12H18N2O2S/c15-12(14-9-10-3-1-7-16-10)13-6-5-11-4-2-8-17-11/h2,4,8,10H,1,3,5-7,9H2,(H2,13,14,15)/t10-/m1/s1. The zero-order valence-corrected chi connectivity index (χ0v) is 10.6. The number of ether oxygens (including phenoxy) is 1. The van der Waals surface area contributed by atoms with Crippen molar-refractivity contribution in [2.45, 2.75) is 25.4 Å². The van der Waals surface area contributed by atoms with Crippen LogP contribution in [0.25, 0.3) is 0 Å². The van der Waals surface area contributed by atoms with Crippen molar-refractivity contribution in [1.29, 1.82) is 0 Å². The van der Waals surface area contributed by atoms with E-state index in [9.17, 15) is 4.79 Å². The summed E-state index contributed by atoms with van der Waals surface area (Å²) < 4.78 is 5.43. The number of rotatable bonds is 5. The van der Waals surface area contributed by atoms with E-state index in [1.165, 1.54) is 4.88 Å². The van der Waals surface area contributed by atoms with Crippen molar-refractivity contribution in [3.8, 4) is 0 Å². The maximum atomic E-state index is 11.5. The molecule has 2 rings (SSSR count). The molecular weight excluding hydrogens is 236 g/mol. The molecule has 4 nitrogen and oxygen atoms in total. The van der Waals surface area contributed by atoms with Crippen LogP contribution in [0.15, 0.2) is 17.5 Å². The first kappa shape index (κ1) is 12.4. The van der Waals surface area contributed by atoms with Gasteiger partial charge in [-0.15, -0.1) is 11.3 Å². The van der Waals surface area contributed by atoms with Gasteiger partial charge in [0, 0.05) is 24.6 Å². The highest BCUT2D eigenvalue weighted by molar-refractivity contribution is 7.09. The Hall–Kier alpha value is -1.07. The highest BCUT2D eigenvalue weighted by atomic mass is 32.1. The predicted molar refractivity (Wildman–Crippen MR) is 68.4 cm³/mol. The van der Waals surface area contributed by atoms with Gasteiger partial charge in [-0.05, 0) is 30.7 Å². The van der Waals surface area contributed by atoms with E-state index >= 15 is 0 Å². The molecule has 1 aromatic heterocycles. The summed E-state index contributed by atoms with van der Waals surface area (Å²) in [5, 5.41) is 7.73. The average Bonchev–Trinajstić information content (AvgIpc) is 2.99. The zero-order chi connectivity index (χ0) is 11.9. The molecule has 0 bridgehead atoms. The van der Waals surface area contributed by atoms with Gasteiger partial charge in [-0.2, -0.15) is 0 Å². The Kier molecular flexibility index (Phi) is 4.82. The first-order valence-electron chi connectivity index (χ1n) is 6.00. The lowest BCUT2D eigenvalue weighted by atomic mass is 10.2. The summed E-state index contributed by atoms with van der Waals surface area (Å²) in [7, 11) is 0. The van der Waals surface area contributed by atoms with Gasteiger partial charge in [0.2, 0.25) is 0 Å². The van der Waals surface area contributed by atoms with Gasteiger partial charge in [-0.1, -0.05) is 6.07 Å². The van der Waals surface area contributed by atoms with Crippen molar-refractivity contribution >= 4 is 17.4 Å². The Morgan fingerprint density at radius 1 is 1.53 bits per heavy atom. The van der Waals surface area contributed by atoms with Crippen molar-refractivity contribution in [2.75, 3.05) is 19.7 Å². The van der Waals surface area contributed by atoms with Crippen LogP contribution in [0.1, 0.15) is 17.7 Å². The van der Waals surface area contributed by atoms with Crippen LogP contribution in [0.3, 0.4) is 0 Å². The maximum absolute atomic E-state index is 11.5. The minimum atomic E-state index is -0.0999. The molecule has 0 saturated carbocycles. The summed E-state index contributed by atoms with van der Waals surface area (Å²) >= 11 is 1.72. The second-order valence-electron chi connectivity index (χ2n) is 4.10. The number of nitrogens with one attached hydrogen (secondary N) is 2. The van der Waals surface area contributed by atoms with Crippen LogP contribution < -0.4 is 10.6 Å². The van der Waals surface area contributed by atoms with Crippen molar-refractivity contribution < 1.29 is 9.53 Å². The fourth-order valence-electron chi connectivity index (χ4n) is 1.83. The molecule has 17 heavy (non-hydrogen) atoms.